The first kappa shape index (κ1) is 16.1. The number of sulfonamides is 1. The molecule has 1 aliphatic heterocycles. The molecule has 1 fully saturated rings. The van der Waals surface area contributed by atoms with Crippen LogP contribution in [0.5, 0.6) is 0 Å². The standard InChI is InChI=1S/C14H24N4O2S/c1-2-8-18-9-6-11(7-10-18)17-12-4-3-5-13(14(12)15)21(16,19)20/h3-5,11,17H,2,6-10,15H2,1H3,(H2,16,19,20). The maximum atomic E-state index is 11.5. The minimum atomic E-state index is -3.79. The Morgan fingerprint density at radius 1 is 1.33 bits per heavy atom. The van der Waals surface area contributed by atoms with E-state index in [0.717, 1.165) is 32.5 Å². The van der Waals surface area contributed by atoms with Crippen LogP contribution in [0.2, 0.25) is 0 Å². The van der Waals surface area contributed by atoms with Crippen molar-refractivity contribution in [3.8, 4) is 0 Å². The van der Waals surface area contributed by atoms with Gasteiger partial charge in [-0.25, -0.2) is 13.6 Å². The first-order valence-electron chi connectivity index (χ1n) is 7.32. The Morgan fingerprint density at radius 3 is 2.57 bits per heavy atom. The van der Waals surface area contributed by atoms with E-state index in [2.05, 4.69) is 17.1 Å². The average Bonchev–Trinajstić information content (AvgIpc) is 2.42. The van der Waals surface area contributed by atoms with E-state index in [-0.39, 0.29) is 10.6 Å². The molecule has 0 atom stereocenters. The minimum absolute atomic E-state index is 0.0177. The molecule has 0 aliphatic carbocycles. The fraction of sp³-hybridized carbons (Fsp3) is 0.571. The van der Waals surface area contributed by atoms with Gasteiger partial charge in [0.1, 0.15) is 4.90 Å². The summed E-state index contributed by atoms with van der Waals surface area (Å²) in [6.45, 7) is 5.43. The van der Waals surface area contributed by atoms with Gasteiger partial charge in [0.05, 0.1) is 11.4 Å². The summed E-state index contributed by atoms with van der Waals surface area (Å²) in [5.74, 6) is 0. The number of hydrogen-bond acceptors (Lipinski definition) is 5. The van der Waals surface area contributed by atoms with Gasteiger partial charge in [-0.3, -0.25) is 0 Å². The van der Waals surface area contributed by atoms with Gasteiger partial charge in [0, 0.05) is 19.1 Å². The van der Waals surface area contributed by atoms with E-state index in [1.54, 1.807) is 12.1 Å². The summed E-state index contributed by atoms with van der Waals surface area (Å²) in [6, 6.07) is 5.20. The Labute approximate surface area is 126 Å². The molecule has 7 heteroatoms. The molecule has 0 spiro atoms. The lowest BCUT2D eigenvalue weighted by Crippen LogP contribution is -2.39. The third-order valence-electron chi connectivity index (χ3n) is 3.86. The van der Waals surface area contributed by atoms with E-state index in [1.807, 2.05) is 0 Å². The second kappa shape index (κ2) is 6.64. The largest absolute Gasteiger partial charge is 0.396 e. The number of nitrogens with zero attached hydrogens (tertiary/aromatic N) is 1. The SMILES string of the molecule is CCCN1CCC(Nc2cccc(S(N)(=O)=O)c2N)CC1. The van der Waals surface area contributed by atoms with Gasteiger partial charge in [0.2, 0.25) is 10.0 Å². The van der Waals surface area contributed by atoms with Crippen molar-refractivity contribution in [1.29, 1.82) is 0 Å². The van der Waals surface area contributed by atoms with Crippen molar-refractivity contribution in [2.45, 2.75) is 37.1 Å². The van der Waals surface area contributed by atoms with Crippen molar-refractivity contribution in [1.82, 2.24) is 4.90 Å². The smallest absolute Gasteiger partial charge is 0.240 e. The molecular weight excluding hydrogens is 288 g/mol. The van der Waals surface area contributed by atoms with E-state index in [4.69, 9.17) is 10.9 Å². The molecule has 0 unspecified atom stereocenters. The highest BCUT2D eigenvalue weighted by Crippen LogP contribution is 2.27. The molecule has 5 N–H and O–H groups in total. The molecule has 0 amide bonds. The third-order valence-corrected chi connectivity index (χ3v) is 4.83. The molecule has 1 heterocycles. The number of likely N-dealkylation sites (tertiary alicyclic amines) is 1. The Hall–Kier alpha value is -1.31. The Kier molecular flexibility index (Phi) is 5.08. The highest BCUT2D eigenvalue weighted by Gasteiger charge is 2.20. The second-order valence-electron chi connectivity index (χ2n) is 5.52. The normalized spacial score (nSPS) is 17.8. The number of para-hydroxylation sites is 1. The molecule has 118 valence electrons. The first-order valence-corrected chi connectivity index (χ1v) is 8.86. The molecule has 21 heavy (non-hydrogen) atoms. The van der Waals surface area contributed by atoms with Crippen LogP contribution >= 0.6 is 0 Å². The summed E-state index contributed by atoms with van der Waals surface area (Å²) >= 11 is 0. The third kappa shape index (κ3) is 4.09. The zero-order chi connectivity index (χ0) is 15.5. The van der Waals surface area contributed by atoms with E-state index < -0.39 is 10.0 Å². The number of anilines is 2. The van der Waals surface area contributed by atoms with Gasteiger partial charge in [-0.15, -0.1) is 0 Å². The number of rotatable bonds is 5. The number of hydrogen-bond donors (Lipinski definition) is 3. The highest BCUT2D eigenvalue weighted by atomic mass is 32.2. The van der Waals surface area contributed by atoms with Gasteiger partial charge < -0.3 is 16.0 Å². The molecule has 2 rings (SSSR count). The predicted molar refractivity (Wildman–Crippen MR) is 85.6 cm³/mol. The number of nitrogens with two attached hydrogens (primary N) is 2. The van der Waals surface area contributed by atoms with Gasteiger partial charge in [0.15, 0.2) is 0 Å². The number of piperidine rings is 1. The van der Waals surface area contributed by atoms with Crippen LogP contribution in [0.15, 0.2) is 23.1 Å². The van der Waals surface area contributed by atoms with Gasteiger partial charge in [-0.05, 0) is 37.9 Å². The van der Waals surface area contributed by atoms with Crippen LogP contribution < -0.4 is 16.2 Å². The summed E-state index contributed by atoms with van der Waals surface area (Å²) in [4.78, 5) is 2.43. The van der Waals surface area contributed by atoms with Crippen LogP contribution in [0.1, 0.15) is 26.2 Å². The monoisotopic (exact) mass is 312 g/mol. The number of nitrogens with one attached hydrogen (secondary N) is 1. The maximum Gasteiger partial charge on any atom is 0.240 e. The summed E-state index contributed by atoms with van der Waals surface area (Å²) in [5.41, 5.74) is 6.78. The van der Waals surface area contributed by atoms with Gasteiger partial charge in [-0.1, -0.05) is 13.0 Å². The Morgan fingerprint density at radius 2 is 2.00 bits per heavy atom. The Balaban J connectivity index is 2.05. The molecule has 0 aromatic heterocycles. The van der Waals surface area contributed by atoms with Crippen molar-refractivity contribution in [2.24, 2.45) is 5.14 Å². The summed E-state index contributed by atoms with van der Waals surface area (Å²) in [7, 11) is -3.79. The molecule has 0 saturated carbocycles. The van der Waals surface area contributed by atoms with Crippen molar-refractivity contribution in [3.63, 3.8) is 0 Å². The average molecular weight is 312 g/mol. The molecule has 0 radical (unpaired) electrons. The number of primary sulfonamides is 1. The molecule has 1 aromatic rings. The summed E-state index contributed by atoms with van der Waals surface area (Å²) in [5, 5.41) is 8.52. The van der Waals surface area contributed by atoms with Gasteiger partial charge in [-0.2, -0.15) is 0 Å². The highest BCUT2D eigenvalue weighted by molar-refractivity contribution is 7.89. The van der Waals surface area contributed by atoms with E-state index >= 15 is 0 Å². The van der Waals surface area contributed by atoms with Crippen molar-refractivity contribution < 1.29 is 8.42 Å². The Bertz CT molecular complexity index is 581. The zero-order valence-corrected chi connectivity index (χ0v) is 13.2. The van der Waals surface area contributed by atoms with Crippen LogP contribution in [0.3, 0.4) is 0 Å². The lowest BCUT2D eigenvalue weighted by atomic mass is 10.0. The van der Waals surface area contributed by atoms with E-state index in [1.165, 1.54) is 12.5 Å². The molecule has 1 aromatic carbocycles. The lowest BCUT2D eigenvalue weighted by Gasteiger charge is -2.32. The van der Waals surface area contributed by atoms with Crippen molar-refractivity contribution in [2.75, 3.05) is 30.7 Å². The minimum Gasteiger partial charge on any atom is -0.396 e. The topological polar surface area (TPSA) is 101 Å². The van der Waals surface area contributed by atoms with Gasteiger partial charge >= 0.3 is 0 Å². The number of nitrogen functional groups attached to an aromatic ring is 1. The van der Waals surface area contributed by atoms with Crippen molar-refractivity contribution >= 4 is 21.4 Å². The fourth-order valence-corrected chi connectivity index (χ4v) is 3.44. The predicted octanol–water partition coefficient (Wildman–Crippen LogP) is 1.20. The van der Waals surface area contributed by atoms with Gasteiger partial charge in [0.25, 0.3) is 0 Å². The quantitative estimate of drug-likeness (QED) is 0.709. The molecule has 0 bridgehead atoms. The number of benzene rings is 1. The second-order valence-corrected chi connectivity index (χ2v) is 7.05. The maximum absolute atomic E-state index is 11.5. The molecule has 1 aliphatic rings. The summed E-state index contributed by atoms with van der Waals surface area (Å²) in [6.07, 6.45) is 3.22. The molecule has 6 nitrogen and oxygen atoms in total. The van der Waals surface area contributed by atoms with Crippen LogP contribution in [-0.2, 0) is 10.0 Å². The van der Waals surface area contributed by atoms with Crippen LogP contribution in [0, 0.1) is 0 Å². The van der Waals surface area contributed by atoms with E-state index in [9.17, 15) is 8.42 Å². The van der Waals surface area contributed by atoms with E-state index in [0.29, 0.717) is 11.7 Å². The molecule has 1 saturated heterocycles. The van der Waals surface area contributed by atoms with Crippen molar-refractivity contribution in [3.05, 3.63) is 18.2 Å². The van der Waals surface area contributed by atoms with Crippen LogP contribution in [0.25, 0.3) is 0 Å². The van der Waals surface area contributed by atoms with Crippen LogP contribution in [0.4, 0.5) is 11.4 Å². The lowest BCUT2D eigenvalue weighted by molar-refractivity contribution is 0.219. The zero-order valence-electron chi connectivity index (χ0n) is 12.4. The molecular formula is C14H24N4O2S. The fourth-order valence-electron chi connectivity index (χ4n) is 2.76. The van der Waals surface area contributed by atoms with Crippen LogP contribution in [-0.4, -0.2) is 39.0 Å². The summed E-state index contributed by atoms with van der Waals surface area (Å²) < 4.78 is 23.0. The first-order chi connectivity index (χ1) is 9.91.